The van der Waals surface area contributed by atoms with Crippen molar-refractivity contribution in [1.29, 1.82) is 0 Å². The molecule has 0 saturated carbocycles. The van der Waals surface area contributed by atoms with E-state index in [1.165, 1.54) is 11.3 Å². The summed E-state index contributed by atoms with van der Waals surface area (Å²) < 4.78 is 1.10. The molecule has 0 spiro atoms. The molecule has 0 aliphatic heterocycles. The van der Waals surface area contributed by atoms with Crippen LogP contribution in [0.25, 0.3) is 10.2 Å². The second-order valence-electron chi connectivity index (χ2n) is 6.02. The molecule has 2 N–H and O–H groups in total. The van der Waals surface area contributed by atoms with Crippen LogP contribution in [0, 0.1) is 0 Å². The third-order valence-electron chi connectivity index (χ3n) is 4.10. The number of phenols is 1. The van der Waals surface area contributed by atoms with Gasteiger partial charge in [0.1, 0.15) is 5.75 Å². The number of nitrogens with zero attached hydrogens (tertiary/aromatic N) is 2. The molecular formula is C21H16ClN3OS. The monoisotopic (exact) mass is 393 g/mol. The van der Waals surface area contributed by atoms with Gasteiger partial charge in [0.15, 0.2) is 0 Å². The Morgan fingerprint density at radius 2 is 1.89 bits per heavy atom. The molecular weight excluding hydrogens is 378 g/mol. The number of hydrazone groups is 1. The molecule has 27 heavy (non-hydrogen) atoms. The first kappa shape index (κ1) is 17.5. The van der Waals surface area contributed by atoms with Gasteiger partial charge in [-0.2, -0.15) is 5.10 Å². The maximum atomic E-state index is 10.1. The molecule has 1 heterocycles. The highest BCUT2D eigenvalue weighted by Crippen LogP contribution is 2.26. The number of benzene rings is 3. The summed E-state index contributed by atoms with van der Waals surface area (Å²) in [6, 6.07) is 21.1. The highest BCUT2D eigenvalue weighted by molar-refractivity contribution is 7.22. The van der Waals surface area contributed by atoms with Crippen LogP contribution in [0.1, 0.15) is 16.7 Å². The van der Waals surface area contributed by atoms with E-state index in [1.54, 1.807) is 12.3 Å². The number of rotatable bonds is 5. The van der Waals surface area contributed by atoms with Crippen LogP contribution in [0.4, 0.5) is 5.13 Å². The Balaban J connectivity index is 1.51. The molecule has 4 aromatic rings. The van der Waals surface area contributed by atoms with Gasteiger partial charge in [-0.15, -0.1) is 0 Å². The van der Waals surface area contributed by atoms with Gasteiger partial charge >= 0.3 is 0 Å². The number of fused-ring (bicyclic) bond motifs is 1. The van der Waals surface area contributed by atoms with Crippen molar-refractivity contribution in [3.05, 3.63) is 88.4 Å². The quantitative estimate of drug-likeness (QED) is 0.338. The lowest BCUT2D eigenvalue weighted by Crippen LogP contribution is -1.94. The van der Waals surface area contributed by atoms with Crippen molar-refractivity contribution in [3.63, 3.8) is 0 Å². The Kier molecular flexibility index (Phi) is 5.05. The fraction of sp³-hybridized carbons (Fsp3) is 0.0476. The topological polar surface area (TPSA) is 57.5 Å². The van der Waals surface area contributed by atoms with Crippen LogP contribution < -0.4 is 5.43 Å². The van der Waals surface area contributed by atoms with Gasteiger partial charge in [-0.05, 0) is 47.9 Å². The fourth-order valence-electron chi connectivity index (χ4n) is 2.76. The number of thiazole rings is 1. The number of hydrogen-bond donors (Lipinski definition) is 2. The lowest BCUT2D eigenvalue weighted by Gasteiger charge is -2.06. The van der Waals surface area contributed by atoms with Crippen LogP contribution in [0.15, 0.2) is 71.8 Å². The summed E-state index contributed by atoms with van der Waals surface area (Å²) in [7, 11) is 0. The second-order valence-corrected chi connectivity index (χ2v) is 7.46. The summed E-state index contributed by atoms with van der Waals surface area (Å²) >= 11 is 7.77. The van der Waals surface area contributed by atoms with Crippen molar-refractivity contribution in [2.24, 2.45) is 5.10 Å². The van der Waals surface area contributed by atoms with Crippen LogP contribution in [-0.2, 0) is 6.42 Å². The van der Waals surface area contributed by atoms with E-state index in [0.717, 1.165) is 26.4 Å². The predicted octanol–water partition coefficient (Wildman–Crippen LogP) is 5.69. The Labute approximate surface area is 165 Å². The van der Waals surface area contributed by atoms with E-state index in [-0.39, 0.29) is 5.75 Å². The van der Waals surface area contributed by atoms with Crippen LogP contribution in [-0.4, -0.2) is 16.3 Å². The Bertz CT molecular complexity index is 1090. The summed E-state index contributed by atoms with van der Waals surface area (Å²) in [5.41, 5.74) is 6.59. The van der Waals surface area contributed by atoms with Crippen molar-refractivity contribution >= 4 is 44.5 Å². The molecule has 0 atom stereocenters. The molecule has 1 aromatic heterocycles. The summed E-state index contributed by atoms with van der Waals surface area (Å²) in [4.78, 5) is 4.47. The standard InChI is InChI=1S/C21H16ClN3OS/c22-17-6-2-1-5-15(17)11-14-9-10-19(26)16(12-14)13-23-25-21-24-18-7-3-4-8-20(18)27-21/h1-10,12-13,26H,11H2,(H,24,25)/b23-13-. The molecule has 0 fully saturated rings. The van der Waals surface area contributed by atoms with Crippen LogP contribution in [0.2, 0.25) is 5.02 Å². The first-order valence-corrected chi connectivity index (χ1v) is 9.58. The molecule has 134 valence electrons. The summed E-state index contributed by atoms with van der Waals surface area (Å²) in [5, 5.41) is 15.8. The van der Waals surface area contributed by atoms with Gasteiger partial charge in [0, 0.05) is 10.6 Å². The molecule has 0 bridgehead atoms. The van der Waals surface area contributed by atoms with Gasteiger partial charge in [-0.1, -0.05) is 59.3 Å². The third-order valence-corrected chi connectivity index (χ3v) is 5.41. The zero-order chi connectivity index (χ0) is 18.6. The molecule has 0 aliphatic carbocycles. The van der Waals surface area contributed by atoms with Gasteiger partial charge in [0.25, 0.3) is 0 Å². The number of aromatic nitrogens is 1. The highest BCUT2D eigenvalue weighted by atomic mass is 35.5. The van der Waals surface area contributed by atoms with E-state index in [1.807, 2.05) is 60.7 Å². The van der Waals surface area contributed by atoms with Crippen molar-refractivity contribution in [1.82, 2.24) is 4.98 Å². The first-order chi connectivity index (χ1) is 13.2. The average Bonchev–Trinajstić information content (AvgIpc) is 3.09. The number of phenolic OH excluding ortho intramolecular Hbond substituents is 1. The van der Waals surface area contributed by atoms with Crippen molar-refractivity contribution in [2.75, 3.05) is 5.43 Å². The lowest BCUT2D eigenvalue weighted by molar-refractivity contribution is 0.474. The van der Waals surface area contributed by atoms with Gasteiger partial charge in [-0.3, -0.25) is 5.43 Å². The van der Waals surface area contributed by atoms with E-state index < -0.39 is 0 Å². The number of aromatic hydroxyl groups is 1. The average molecular weight is 394 g/mol. The SMILES string of the molecule is Oc1ccc(Cc2ccccc2Cl)cc1/C=N\Nc1nc2ccccc2s1. The zero-order valence-corrected chi connectivity index (χ0v) is 15.8. The zero-order valence-electron chi connectivity index (χ0n) is 14.3. The third kappa shape index (κ3) is 4.10. The lowest BCUT2D eigenvalue weighted by atomic mass is 10.0. The maximum absolute atomic E-state index is 10.1. The number of para-hydroxylation sites is 1. The highest BCUT2D eigenvalue weighted by Gasteiger charge is 2.05. The van der Waals surface area contributed by atoms with Crippen LogP contribution >= 0.6 is 22.9 Å². The molecule has 4 rings (SSSR count). The Morgan fingerprint density at radius 1 is 1.07 bits per heavy atom. The van der Waals surface area contributed by atoms with E-state index in [9.17, 15) is 5.11 Å². The van der Waals surface area contributed by atoms with Crippen LogP contribution in [0.5, 0.6) is 5.75 Å². The minimum absolute atomic E-state index is 0.174. The van der Waals surface area contributed by atoms with Gasteiger partial charge in [0.05, 0.1) is 16.4 Å². The Hall–Kier alpha value is -2.89. The van der Waals surface area contributed by atoms with Gasteiger partial charge in [-0.25, -0.2) is 4.98 Å². The van der Waals surface area contributed by atoms with Gasteiger partial charge < -0.3 is 5.11 Å². The van der Waals surface area contributed by atoms with Crippen molar-refractivity contribution < 1.29 is 5.11 Å². The number of anilines is 1. The molecule has 0 amide bonds. The summed E-state index contributed by atoms with van der Waals surface area (Å²) in [5.74, 6) is 0.174. The van der Waals surface area contributed by atoms with E-state index in [4.69, 9.17) is 11.6 Å². The smallest absolute Gasteiger partial charge is 0.204 e. The first-order valence-electron chi connectivity index (χ1n) is 8.39. The number of hydrogen-bond acceptors (Lipinski definition) is 5. The van der Waals surface area contributed by atoms with Crippen LogP contribution in [0.3, 0.4) is 0 Å². The fourth-order valence-corrected chi connectivity index (χ4v) is 3.77. The van der Waals surface area contributed by atoms with E-state index in [2.05, 4.69) is 15.5 Å². The minimum Gasteiger partial charge on any atom is -0.507 e. The number of nitrogens with one attached hydrogen (secondary N) is 1. The molecule has 6 heteroatoms. The molecule has 3 aromatic carbocycles. The maximum Gasteiger partial charge on any atom is 0.204 e. The van der Waals surface area contributed by atoms with E-state index in [0.29, 0.717) is 17.1 Å². The normalized spacial score (nSPS) is 11.3. The second kappa shape index (κ2) is 7.78. The number of halogens is 1. The summed E-state index contributed by atoms with van der Waals surface area (Å²) in [6.45, 7) is 0. The van der Waals surface area contributed by atoms with Crippen molar-refractivity contribution in [2.45, 2.75) is 6.42 Å². The molecule has 4 nitrogen and oxygen atoms in total. The van der Waals surface area contributed by atoms with Crippen molar-refractivity contribution in [3.8, 4) is 5.75 Å². The van der Waals surface area contributed by atoms with E-state index >= 15 is 0 Å². The van der Waals surface area contributed by atoms with Gasteiger partial charge in [0.2, 0.25) is 5.13 Å². The largest absolute Gasteiger partial charge is 0.507 e. The molecule has 0 radical (unpaired) electrons. The molecule has 0 unspecified atom stereocenters. The predicted molar refractivity (Wildman–Crippen MR) is 113 cm³/mol. The summed E-state index contributed by atoms with van der Waals surface area (Å²) in [6.07, 6.45) is 2.28. The molecule has 0 aliphatic rings. The minimum atomic E-state index is 0.174. The molecule has 0 saturated heterocycles. The Morgan fingerprint density at radius 3 is 2.74 bits per heavy atom.